The van der Waals surface area contributed by atoms with E-state index in [9.17, 15) is 0 Å². The first-order valence-electron chi connectivity index (χ1n) is 7.28. The minimum Gasteiger partial charge on any atom is -0.398 e. The van der Waals surface area contributed by atoms with E-state index < -0.39 is 0 Å². The Kier molecular flexibility index (Phi) is 3.33. The van der Waals surface area contributed by atoms with E-state index in [-0.39, 0.29) is 0 Å². The average molecular weight is 286 g/mol. The minimum absolute atomic E-state index is 0.383. The fourth-order valence-electron chi connectivity index (χ4n) is 2.92. The molecule has 0 amide bonds. The molecule has 1 aliphatic carbocycles. The Balaban J connectivity index is 1.93. The van der Waals surface area contributed by atoms with Crippen LogP contribution in [0.3, 0.4) is 0 Å². The number of nitrogen functional groups attached to an aromatic ring is 1. The number of aromatic nitrogens is 1. The number of anilines is 1. The molecule has 0 fully saturated rings. The smallest absolute Gasteiger partial charge is 0.125 e. The lowest BCUT2D eigenvalue weighted by atomic mass is 9.73. The molecule has 3 heteroatoms. The summed E-state index contributed by atoms with van der Waals surface area (Å²) in [5, 5.41) is 1.09. The number of benzene rings is 1. The maximum atomic E-state index is 6.07. The molecule has 0 aliphatic heterocycles. The van der Waals surface area contributed by atoms with Gasteiger partial charge in [0.25, 0.3) is 0 Å². The zero-order chi connectivity index (χ0) is 14.3. The van der Waals surface area contributed by atoms with E-state index in [0.717, 1.165) is 28.6 Å². The first-order valence-corrected chi connectivity index (χ1v) is 8.10. The molecule has 2 N–H and O–H groups in total. The zero-order valence-electron chi connectivity index (χ0n) is 12.4. The molecule has 2 aromatic rings. The number of nitrogens with two attached hydrogens (primary N) is 1. The molecular weight excluding hydrogens is 264 g/mol. The van der Waals surface area contributed by atoms with E-state index >= 15 is 0 Å². The van der Waals surface area contributed by atoms with Crippen LogP contribution in [0, 0.1) is 11.3 Å². The molecule has 0 spiro atoms. The van der Waals surface area contributed by atoms with Crippen molar-refractivity contribution in [3.63, 3.8) is 0 Å². The van der Waals surface area contributed by atoms with Gasteiger partial charge in [-0.05, 0) is 42.7 Å². The Hall–Kier alpha value is -1.35. The summed E-state index contributed by atoms with van der Waals surface area (Å²) in [6.45, 7) is 7.04. The van der Waals surface area contributed by atoms with Crippen molar-refractivity contribution in [3.05, 3.63) is 34.8 Å². The number of fused-ring (bicyclic) bond motifs is 1. The lowest BCUT2D eigenvalue weighted by Crippen LogP contribution is -2.26. The Morgan fingerprint density at radius 1 is 1.25 bits per heavy atom. The van der Waals surface area contributed by atoms with Crippen LogP contribution in [-0.2, 0) is 12.8 Å². The van der Waals surface area contributed by atoms with Gasteiger partial charge in [-0.1, -0.05) is 32.9 Å². The highest BCUT2D eigenvalue weighted by Crippen LogP contribution is 2.41. The Bertz CT molecular complexity index is 622. The van der Waals surface area contributed by atoms with Crippen LogP contribution >= 0.6 is 11.3 Å². The van der Waals surface area contributed by atoms with Crippen LogP contribution < -0.4 is 5.73 Å². The maximum Gasteiger partial charge on any atom is 0.125 e. The van der Waals surface area contributed by atoms with Crippen LogP contribution in [0.25, 0.3) is 10.6 Å². The zero-order valence-corrected chi connectivity index (χ0v) is 13.3. The minimum atomic E-state index is 0.383. The number of hydrogen-bond acceptors (Lipinski definition) is 3. The number of thiazole rings is 1. The van der Waals surface area contributed by atoms with Gasteiger partial charge in [0.2, 0.25) is 0 Å². The number of rotatable bonds is 1. The first-order chi connectivity index (χ1) is 9.45. The Morgan fingerprint density at radius 3 is 2.70 bits per heavy atom. The summed E-state index contributed by atoms with van der Waals surface area (Å²) in [6, 6.07) is 8.03. The summed E-state index contributed by atoms with van der Waals surface area (Å²) in [5.41, 5.74) is 9.66. The van der Waals surface area contributed by atoms with Gasteiger partial charge in [-0.25, -0.2) is 4.98 Å². The summed E-state index contributed by atoms with van der Waals surface area (Å²) in [7, 11) is 0. The predicted molar refractivity (Wildman–Crippen MR) is 86.9 cm³/mol. The fraction of sp³-hybridized carbons (Fsp3) is 0.471. The van der Waals surface area contributed by atoms with E-state index in [4.69, 9.17) is 10.7 Å². The molecule has 0 saturated carbocycles. The molecule has 0 radical (unpaired) electrons. The highest BCUT2D eigenvalue weighted by molar-refractivity contribution is 7.15. The van der Waals surface area contributed by atoms with E-state index in [2.05, 4.69) is 26.8 Å². The molecule has 2 nitrogen and oxygen atoms in total. The van der Waals surface area contributed by atoms with Crippen LogP contribution in [-0.4, -0.2) is 4.98 Å². The summed E-state index contributed by atoms with van der Waals surface area (Å²) in [5.74, 6) is 0.761. The van der Waals surface area contributed by atoms with Gasteiger partial charge in [-0.15, -0.1) is 11.3 Å². The van der Waals surface area contributed by atoms with Gasteiger partial charge in [0.1, 0.15) is 5.01 Å². The standard InChI is InChI=1S/C17H22N2S/c1-17(2,3)11-8-9-14-15(10-11)20-16(19-14)12-6-4-5-7-13(12)18/h4-7,11H,8-10,18H2,1-3H3. The van der Waals surface area contributed by atoms with E-state index in [1.807, 2.05) is 29.5 Å². The highest BCUT2D eigenvalue weighted by Gasteiger charge is 2.30. The van der Waals surface area contributed by atoms with Crippen molar-refractivity contribution in [3.8, 4) is 10.6 Å². The molecule has 1 unspecified atom stereocenters. The topological polar surface area (TPSA) is 38.9 Å². The summed E-state index contributed by atoms with van der Waals surface area (Å²) < 4.78 is 0. The van der Waals surface area contributed by atoms with Gasteiger partial charge in [-0.2, -0.15) is 0 Å². The number of para-hydroxylation sites is 1. The maximum absolute atomic E-state index is 6.07. The highest BCUT2D eigenvalue weighted by atomic mass is 32.1. The van der Waals surface area contributed by atoms with Crippen LogP contribution in [0.1, 0.15) is 37.8 Å². The monoisotopic (exact) mass is 286 g/mol. The van der Waals surface area contributed by atoms with Crippen molar-refractivity contribution < 1.29 is 0 Å². The molecule has 20 heavy (non-hydrogen) atoms. The lowest BCUT2D eigenvalue weighted by molar-refractivity contribution is 0.217. The van der Waals surface area contributed by atoms with Gasteiger partial charge in [-0.3, -0.25) is 0 Å². The van der Waals surface area contributed by atoms with Crippen molar-refractivity contribution in [2.45, 2.75) is 40.0 Å². The second-order valence-electron chi connectivity index (χ2n) is 6.78. The van der Waals surface area contributed by atoms with Crippen molar-refractivity contribution in [1.82, 2.24) is 4.98 Å². The van der Waals surface area contributed by atoms with Crippen LogP contribution in [0.2, 0.25) is 0 Å². The molecule has 1 heterocycles. The average Bonchev–Trinajstić information content (AvgIpc) is 2.80. The van der Waals surface area contributed by atoms with Crippen LogP contribution in [0.15, 0.2) is 24.3 Å². The Morgan fingerprint density at radius 2 is 2.00 bits per heavy atom. The number of aryl methyl sites for hydroxylation is 1. The molecular formula is C17H22N2S. The molecule has 1 aromatic carbocycles. The van der Waals surface area contributed by atoms with E-state index in [1.54, 1.807) is 0 Å². The molecule has 3 rings (SSSR count). The number of hydrogen-bond donors (Lipinski definition) is 1. The van der Waals surface area contributed by atoms with Crippen molar-refractivity contribution in [1.29, 1.82) is 0 Å². The van der Waals surface area contributed by atoms with E-state index in [0.29, 0.717) is 5.41 Å². The third-order valence-corrected chi connectivity index (χ3v) is 5.51. The Labute approximate surface area is 125 Å². The van der Waals surface area contributed by atoms with Crippen molar-refractivity contribution in [2.24, 2.45) is 11.3 Å². The van der Waals surface area contributed by atoms with Crippen molar-refractivity contribution in [2.75, 3.05) is 5.73 Å². The third kappa shape index (κ3) is 2.47. The number of nitrogens with zero attached hydrogens (tertiary/aromatic N) is 1. The normalized spacial score (nSPS) is 18.9. The van der Waals surface area contributed by atoms with Crippen LogP contribution in [0.5, 0.6) is 0 Å². The van der Waals surface area contributed by atoms with Crippen LogP contribution in [0.4, 0.5) is 5.69 Å². The van der Waals surface area contributed by atoms with Crippen molar-refractivity contribution >= 4 is 17.0 Å². The predicted octanol–water partition coefficient (Wildman–Crippen LogP) is 4.54. The summed E-state index contributed by atoms with van der Waals surface area (Å²) in [6.07, 6.45) is 3.54. The van der Waals surface area contributed by atoms with Gasteiger partial charge < -0.3 is 5.73 Å². The molecule has 0 saturated heterocycles. The van der Waals surface area contributed by atoms with Gasteiger partial charge >= 0.3 is 0 Å². The largest absolute Gasteiger partial charge is 0.398 e. The second kappa shape index (κ2) is 4.88. The molecule has 106 valence electrons. The summed E-state index contributed by atoms with van der Waals surface area (Å²) in [4.78, 5) is 6.30. The second-order valence-corrected chi connectivity index (χ2v) is 7.87. The molecule has 1 aromatic heterocycles. The molecule has 0 bridgehead atoms. The first kappa shape index (κ1) is 13.6. The fourth-order valence-corrected chi connectivity index (χ4v) is 4.16. The SMILES string of the molecule is CC(C)(C)C1CCc2nc(-c3ccccc3N)sc2C1. The van der Waals surface area contributed by atoms with Gasteiger partial charge in [0.05, 0.1) is 5.69 Å². The third-order valence-electron chi connectivity index (χ3n) is 4.36. The quantitative estimate of drug-likeness (QED) is 0.781. The van der Waals surface area contributed by atoms with Gasteiger partial charge in [0, 0.05) is 16.1 Å². The summed E-state index contributed by atoms with van der Waals surface area (Å²) >= 11 is 1.83. The van der Waals surface area contributed by atoms with E-state index in [1.165, 1.54) is 23.4 Å². The van der Waals surface area contributed by atoms with Gasteiger partial charge in [0.15, 0.2) is 0 Å². The molecule has 1 aliphatic rings. The molecule has 1 atom stereocenters. The lowest BCUT2D eigenvalue weighted by Gasteiger charge is -2.33.